The highest BCUT2D eigenvalue weighted by atomic mass is 79.9. The lowest BCUT2D eigenvalue weighted by Gasteiger charge is -1.98. The average Bonchev–Trinajstić information content (AvgIpc) is 2.18. The van der Waals surface area contributed by atoms with Gasteiger partial charge in [0.2, 0.25) is 0 Å². The van der Waals surface area contributed by atoms with Crippen LogP contribution in [0.25, 0.3) is 0 Å². The van der Waals surface area contributed by atoms with E-state index in [1.807, 2.05) is 12.2 Å². The molecule has 14 heavy (non-hydrogen) atoms. The number of halogens is 2. The fraction of sp³-hybridized carbons (Fsp3) is 0.273. The van der Waals surface area contributed by atoms with Crippen LogP contribution in [0.2, 0.25) is 0 Å². The van der Waals surface area contributed by atoms with Crippen molar-refractivity contribution in [3.8, 4) is 0 Å². The second-order valence-electron chi connectivity index (χ2n) is 3.00. The maximum Gasteiger partial charge on any atom is 0.137 e. The molecule has 0 spiro atoms. The number of allylic oxidation sites excluding steroid dienone is 1. The highest BCUT2D eigenvalue weighted by Crippen LogP contribution is 2.17. The van der Waals surface area contributed by atoms with Gasteiger partial charge in [-0.3, -0.25) is 0 Å². The largest absolute Gasteiger partial charge is 0.330 e. The number of hydrogen-bond donors (Lipinski definition) is 1. The zero-order valence-corrected chi connectivity index (χ0v) is 9.43. The van der Waals surface area contributed by atoms with Crippen molar-refractivity contribution >= 4 is 15.9 Å². The van der Waals surface area contributed by atoms with Crippen molar-refractivity contribution in [3.05, 3.63) is 46.2 Å². The van der Waals surface area contributed by atoms with Gasteiger partial charge in [-0.25, -0.2) is 4.39 Å². The molecule has 1 nitrogen and oxygen atoms in total. The predicted octanol–water partition coefficient (Wildman–Crippen LogP) is 3.04. The third kappa shape index (κ3) is 3.60. The summed E-state index contributed by atoms with van der Waals surface area (Å²) in [7, 11) is 0. The van der Waals surface area contributed by atoms with Crippen LogP contribution in [-0.2, 0) is 6.42 Å². The molecule has 1 rings (SSSR count). The van der Waals surface area contributed by atoms with Crippen LogP contribution in [0.5, 0.6) is 0 Å². The first-order valence-corrected chi connectivity index (χ1v) is 5.32. The van der Waals surface area contributed by atoms with Gasteiger partial charge in [0.05, 0.1) is 4.47 Å². The van der Waals surface area contributed by atoms with Crippen LogP contribution in [0.4, 0.5) is 4.39 Å². The van der Waals surface area contributed by atoms with Crippen LogP contribution < -0.4 is 5.73 Å². The Morgan fingerprint density at radius 3 is 2.79 bits per heavy atom. The molecule has 0 amide bonds. The molecule has 0 aromatic heterocycles. The van der Waals surface area contributed by atoms with E-state index in [1.54, 1.807) is 12.1 Å². The summed E-state index contributed by atoms with van der Waals surface area (Å²) in [5.41, 5.74) is 6.43. The van der Waals surface area contributed by atoms with Crippen molar-refractivity contribution in [2.24, 2.45) is 5.73 Å². The molecule has 0 heterocycles. The minimum atomic E-state index is -0.223. The van der Waals surface area contributed by atoms with Gasteiger partial charge in [0.1, 0.15) is 5.82 Å². The lowest BCUT2D eigenvalue weighted by atomic mass is 10.1. The molecule has 2 N–H and O–H groups in total. The fourth-order valence-corrected chi connectivity index (χ4v) is 1.53. The summed E-state index contributed by atoms with van der Waals surface area (Å²) in [5.74, 6) is -0.223. The molecule has 3 heteroatoms. The number of benzene rings is 1. The Hall–Kier alpha value is -0.670. The highest BCUT2D eigenvalue weighted by Gasteiger charge is 1.98. The molecule has 0 saturated heterocycles. The SMILES string of the molecule is NCCC=CCc1ccc(F)c(Br)c1. The van der Waals surface area contributed by atoms with E-state index in [2.05, 4.69) is 15.9 Å². The first-order chi connectivity index (χ1) is 6.74. The van der Waals surface area contributed by atoms with Gasteiger partial charge in [-0.15, -0.1) is 0 Å². The third-order valence-corrected chi connectivity index (χ3v) is 2.45. The number of hydrogen-bond acceptors (Lipinski definition) is 1. The lowest BCUT2D eigenvalue weighted by molar-refractivity contribution is 0.620. The zero-order chi connectivity index (χ0) is 10.4. The second kappa shape index (κ2) is 5.94. The van der Waals surface area contributed by atoms with Crippen LogP contribution in [0, 0.1) is 5.82 Å². The molecular weight excluding hydrogens is 245 g/mol. The molecule has 0 atom stereocenters. The van der Waals surface area contributed by atoms with Crippen molar-refractivity contribution in [2.45, 2.75) is 12.8 Å². The first kappa shape index (κ1) is 11.4. The summed E-state index contributed by atoms with van der Waals surface area (Å²) in [5, 5.41) is 0. The van der Waals surface area contributed by atoms with Gasteiger partial charge in [-0.1, -0.05) is 18.2 Å². The summed E-state index contributed by atoms with van der Waals surface area (Å²) < 4.78 is 13.4. The van der Waals surface area contributed by atoms with Crippen molar-refractivity contribution in [1.29, 1.82) is 0 Å². The molecular formula is C11H13BrFN. The van der Waals surface area contributed by atoms with Gasteiger partial charge in [0.15, 0.2) is 0 Å². The molecule has 76 valence electrons. The van der Waals surface area contributed by atoms with E-state index in [0.717, 1.165) is 18.4 Å². The average molecular weight is 258 g/mol. The Morgan fingerprint density at radius 2 is 2.14 bits per heavy atom. The van der Waals surface area contributed by atoms with E-state index in [9.17, 15) is 4.39 Å². The monoisotopic (exact) mass is 257 g/mol. The third-order valence-electron chi connectivity index (χ3n) is 1.84. The van der Waals surface area contributed by atoms with Gasteiger partial charge >= 0.3 is 0 Å². The van der Waals surface area contributed by atoms with E-state index in [0.29, 0.717) is 11.0 Å². The summed E-state index contributed by atoms with van der Waals surface area (Å²) in [6.45, 7) is 0.670. The maximum atomic E-state index is 12.9. The van der Waals surface area contributed by atoms with Crippen molar-refractivity contribution in [3.63, 3.8) is 0 Å². The summed E-state index contributed by atoms with van der Waals surface area (Å²) in [6.07, 6.45) is 5.80. The molecule has 1 aromatic rings. The molecule has 0 aliphatic heterocycles. The van der Waals surface area contributed by atoms with Gasteiger partial charge in [0.25, 0.3) is 0 Å². The van der Waals surface area contributed by atoms with Crippen LogP contribution in [0.15, 0.2) is 34.8 Å². The lowest BCUT2D eigenvalue weighted by Crippen LogP contribution is -1.95. The van der Waals surface area contributed by atoms with E-state index in [1.165, 1.54) is 6.07 Å². The maximum absolute atomic E-state index is 12.9. The second-order valence-corrected chi connectivity index (χ2v) is 3.86. The van der Waals surface area contributed by atoms with E-state index in [-0.39, 0.29) is 5.82 Å². The Kier molecular flexibility index (Phi) is 4.84. The standard InChI is InChI=1S/C11H13BrFN/c12-10-8-9(5-6-11(10)13)4-2-1-3-7-14/h1-2,5-6,8H,3-4,7,14H2. The summed E-state index contributed by atoms with van der Waals surface area (Å²) >= 11 is 3.15. The molecule has 1 aromatic carbocycles. The zero-order valence-electron chi connectivity index (χ0n) is 7.84. The Morgan fingerprint density at radius 1 is 1.36 bits per heavy atom. The van der Waals surface area contributed by atoms with Gasteiger partial charge < -0.3 is 5.73 Å². The fourth-order valence-electron chi connectivity index (χ4n) is 1.10. The molecule has 0 aliphatic carbocycles. The van der Waals surface area contributed by atoms with E-state index >= 15 is 0 Å². The molecule has 0 fully saturated rings. The first-order valence-electron chi connectivity index (χ1n) is 4.53. The number of rotatable bonds is 4. The van der Waals surface area contributed by atoms with Gasteiger partial charge in [0, 0.05) is 0 Å². The molecule has 0 saturated carbocycles. The smallest absolute Gasteiger partial charge is 0.137 e. The van der Waals surface area contributed by atoms with Crippen LogP contribution in [-0.4, -0.2) is 6.54 Å². The summed E-state index contributed by atoms with van der Waals surface area (Å²) in [6, 6.07) is 5.05. The van der Waals surface area contributed by atoms with Crippen LogP contribution in [0.3, 0.4) is 0 Å². The molecule has 0 unspecified atom stereocenters. The van der Waals surface area contributed by atoms with Gasteiger partial charge in [-0.2, -0.15) is 0 Å². The Labute approximate surface area is 91.9 Å². The topological polar surface area (TPSA) is 26.0 Å². The summed E-state index contributed by atoms with van der Waals surface area (Å²) in [4.78, 5) is 0. The quantitative estimate of drug-likeness (QED) is 0.825. The molecule has 0 bridgehead atoms. The predicted molar refractivity (Wildman–Crippen MR) is 60.6 cm³/mol. The Balaban J connectivity index is 2.55. The normalized spacial score (nSPS) is 11.1. The number of nitrogens with two attached hydrogens (primary N) is 1. The highest BCUT2D eigenvalue weighted by molar-refractivity contribution is 9.10. The van der Waals surface area contributed by atoms with Crippen molar-refractivity contribution < 1.29 is 4.39 Å². The van der Waals surface area contributed by atoms with Crippen LogP contribution in [0.1, 0.15) is 12.0 Å². The van der Waals surface area contributed by atoms with Crippen molar-refractivity contribution in [2.75, 3.05) is 6.54 Å². The van der Waals surface area contributed by atoms with E-state index < -0.39 is 0 Å². The minimum absolute atomic E-state index is 0.223. The van der Waals surface area contributed by atoms with Crippen LogP contribution >= 0.6 is 15.9 Å². The molecule has 0 aliphatic rings. The van der Waals surface area contributed by atoms with Gasteiger partial charge in [-0.05, 0) is 53.0 Å². The van der Waals surface area contributed by atoms with Crippen molar-refractivity contribution in [1.82, 2.24) is 0 Å². The molecule has 0 radical (unpaired) electrons. The Bertz CT molecular complexity index is 323. The van der Waals surface area contributed by atoms with E-state index in [4.69, 9.17) is 5.73 Å². The minimum Gasteiger partial charge on any atom is -0.330 e.